The first-order chi connectivity index (χ1) is 32.2. The van der Waals surface area contributed by atoms with E-state index in [0.717, 1.165) is 33.4 Å². The number of methoxy groups -OCH3 is 3. The number of aliphatic hydroxyl groups is 1. The molecule has 67 heavy (non-hydrogen) atoms. The Morgan fingerprint density at radius 1 is 0.940 bits per heavy atom. The summed E-state index contributed by atoms with van der Waals surface area (Å²) >= 11 is 0. The Balaban J connectivity index is 1.23. The van der Waals surface area contributed by atoms with E-state index in [0.29, 0.717) is 88.1 Å². The molecule has 10 rings (SSSR count). The maximum Gasteiger partial charge on any atom is 0.344 e. The Bertz CT molecular complexity index is 2690. The molecule has 5 aliphatic heterocycles. The molecule has 1 aliphatic carbocycles. The number of ether oxygens (including phenoxy) is 4. The van der Waals surface area contributed by atoms with Crippen molar-refractivity contribution in [3.05, 3.63) is 101 Å². The number of carbonyl (C=O) groups excluding carboxylic acids is 4. The van der Waals surface area contributed by atoms with Crippen LogP contribution in [0.15, 0.2) is 73.1 Å². The van der Waals surface area contributed by atoms with E-state index in [-0.39, 0.29) is 17.9 Å². The molecule has 6 aliphatic rings. The number of aromatic amines is 1. The van der Waals surface area contributed by atoms with Gasteiger partial charge in [0, 0.05) is 109 Å². The van der Waals surface area contributed by atoms with Crippen LogP contribution >= 0.6 is 0 Å². The maximum atomic E-state index is 15.7. The van der Waals surface area contributed by atoms with Crippen molar-refractivity contribution in [2.24, 2.45) is 11.3 Å². The number of nitrogens with zero attached hydrogens (tertiary/aromatic N) is 4. The maximum absolute atomic E-state index is 15.7. The van der Waals surface area contributed by atoms with E-state index < -0.39 is 57.4 Å². The van der Waals surface area contributed by atoms with Gasteiger partial charge in [-0.1, -0.05) is 44.2 Å². The van der Waals surface area contributed by atoms with Crippen LogP contribution in [0.1, 0.15) is 85.6 Å². The molecule has 2 saturated heterocycles. The molecule has 3 fully saturated rings. The van der Waals surface area contributed by atoms with Gasteiger partial charge in [0.25, 0.3) is 5.91 Å². The third kappa shape index (κ3) is 6.22. The number of hydrogen-bond donors (Lipinski definition) is 3. The molecule has 1 unspecified atom stereocenters. The Hall–Kier alpha value is -5.77. The highest BCUT2D eigenvalue weighted by molar-refractivity contribution is 5.96. The lowest BCUT2D eigenvalue weighted by atomic mass is 9.47. The van der Waals surface area contributed by atoms with Crippen LogP contribution in [0.25, 0.3) is 10.9 Å². The van der Waals surface area contributed by atoms with Gasteiger partial charge in [-0.15, -0.1) is 0 Å². The number of rotatable bonds is 9. The Morgan fingerprint density at radius 2 is 1.70 bits per heavy atom. The van der Waals surface area contributed by atoms with E-state index in [9.17, 15) is 19.5 Å². The third-order valence-corrected chi connectivity index (χ3v) is 17.0. The van der Waals surface area contributed by atoms with Gasteiger partial charge in [0.15, 0.2) is 6.10 Å². The van der Waals surface area contributed by atoms with Gasteiger partial charge in [-0.2, -0.15) is 0 Å². The van der Waals surface area contributed by atoms with Gasteiger partial charge in [-0.05, 0) is 86.4 Å². The molecular weight excluding hydrogens is 853 g/mol. The lowest BCUT2D eigenvalue weighted by molar-refractivity contribution is -0.228. The number of amides is 1. The van der Waals surface area contributed by atoms with Crippen molar-refractivity contribution in [2.75, 3.05) is 66.0 Å². The number of esters is 3. The first kappa shape index (κ1) is 45.0. The smallest absolute Gasteiger partial charge is 0.344 e. The standard InChI is InChI=1S/C52H62N6O9/c1-8-48(55-42(60)33-15-20-53-21-16-33)27-32-28-51(46(61)65-6,41-35(17-23-57(29-32)30-48)34-13-10-11-14-38(34)54-41)37-25-36-39(26-40(37)64-5)56(4)44-50(36)19-24-58-22-12-18-49(9-2,43(50)58)45(67-31(3)59)52(44,63)47(62)66-7/h10-16,18,20-21,25-26,32,43-45,54,63H,8-9,17,19,22-24,27-30H2,1-7H3,(H,55,60)/t32-,43+,44-,45-,48+,49-,50-,51+,52+/m1/s1. The van der Waals surface area contributed by atoms with Crippen LogP contribution in [0.4, 0.5) is 5.69 Å². The zero-order chi connectivity index (χ0) is 47.3. The molecule has 15 nitrogen and oxygen atoms in total. The first-order valence-corrected chi connectivity index (χ1v) is 23.7. The minimum absolute atomic E-state index is 0.128. The van der Waals surface area contributed by atoms with Crippen LogP contribution in [0.5, 0.6) is 5.75 Å². The molecule has 1 spiro atoms. The highest BCUT2D eigenvalue weighted by atomic mass is 16.6. The fourth-order valence-electron chi connectivity index (χ4n) is 14.5. The molecule has 2 aromatic carbocycles. The zero-order valence-corrected chi connectivity index (χ0v) is 39.5. The molecule has 2 bridgehead atoms. The van der Waals surface area contributed by atoms with Gasteiger partial charge in [0.1, 0.15) is 11.2 Å². The number of benzene rings is 2. The number of para-hydroxylation sites is 1. The molecule has 15 heteroatoms. The summed E-state index contributed by atoms with van der Waals surface area (Å²) in [6.07, 6.45) is 9.23. The SMILES string of the molecule is CC[C@]1(NC(=O)c2ccncc2)C[C@H]2CN(CCc3c([nH]c4ccccc34)[C@@](C(=O)OC)(c3cc4c(cc3OC)N(C)[C@H]3[C@@](O)(C(=O)OC)[C@H](OC(C)=O)[C@]5(CC)C=CCN6CC[C@]43[C@@H]65)C2)C1. The highest BCUT2D eigenvalue weighted by Gasteiger charge is 2.80. The average molecular weight is 915 g/mol. The van der Waals surface area contributed by atoms with Crippen LogP contribution in [0, 0.1) is 11.3 Å². The number of nitrogens with one attached hydrogen (secondary N) is 2. The van der Waals surface area contributed by atoms with Crippen LogP contribution in [0.2, 0.25) is 0 Å². The molecule has 0 radical (unpaired) electrons. The van der Waals surface area contributed by atoms with E-state index in [2.05, 4.69) is 56.3 Å². The van der Waals surface area contributed by atoms with Crippen LogP contribution in [-0.2, 0) is 45.8 Å². The van der Waals surface area contributed by atoms with Gasteiger partial charge in [0.05, 0.1) is 32.9 Å². The topological polar surface area (TPSA) is 176 Å². The summed E-state index contributed by atoms with van der Waals surface area (Å²) < 4.78 is 24.2. The second kappa shape index (κ2) is 16.2. The molecule has 1 saturated carbocycles. The van der Waals surface area contributed by atoms with E-state index in [1.54, 1.807) is 31.6 Å². The molecule has 354 valence electrons. The first-order valence-electron chi connectivity index (χ1n) is 23.7. The van der Waals surface area contributed by atoms with E-state index >= 15 is 4.79 Å². The number of fused-ring (bicyclic) bond motifs is 6. The van der Waals surface area contributed by atoms with Gasteiger partial charge in [0.2, 0.25) is 5.60 Å². The number of piperidine rings is 1. The normalized spacial score (nSPS) is 33.8. The molecule has 3 N–H and O–H groups in total. The molecule has 7 heterocycles. The number of aromatic nitrogens is 2. The van der Waals surface area contributed by atoms with Crippen LogP contribution < -0.4 is 15.0 Å². The van der Waals surface area contributed by atoms with Crippen molar-refractivity contribution >= 4 is 40.4 Å². The summed E-state index contributed by atoms with van der Waals surface area (Å²) in [5, 5.41) is 17.9. The fraction of sp³-hybridized carbons (Fsp3) is 0.519. The molecule has 4 aromatic rings. The van der Waals surface area contributed by atoms with Crippen molar-refractivity contribution in [3.63, 3.8) is 0 Å². The van der Waals surface area contributed by atoms with Gasteiger partial charge in [-0.25, -0.2) is 4.79 Å². The van der Waals surface area contributed by atoms with Gasteiger partial charge < -0.3 is 44.2 Å². The van der Waals surface area contributed by atoms with Crippen molar-refractivity contribution in [1.29, 1.82) is 0 Å². The molecular formula is C52H62N6O9. The summed E-state index contributed by atoms with van der Waals surface area (Å²) in [5.41, 5.74) is -1.03. The van der Waals surface area contributed by atoms with Crippen LogP contribution in [0.3, 0.4) is 0 Å². The summed E-state index contributed by atoms with van der Waals surface area (Å²) in [4.78, 5) is 72.0. The van der Waals surface area contributed by atoms with E-state index in [1.807, 2.05) is 43.1 Å². The second-order valence-electron chi connectivity index (χ2n) is 19.9. The largest absolute Gasteiger partial charge is 0.496 e. The third-order valence-electron chi connectivity index (χ3n) is 17.0. The fourth-order valence-corrected chi connectivity index (χ4v) is 14.5. The number of pyridine rings is 1. The van der Waals surface area contributed by atoms with Crippen molar-refractivity contribution in [1.82, 2.24) is 25.1 Å². The number of hydrogen-bond acceptors (Lipinski definition) is 13. The van der Waals surface area contributed by atoms with Gasteiger partial charge >= 0.3 is 17.9 Å². The molecule has 2 aromatic heterocycles. The summed E-state index contributed by atoms with van der Waals surface area (Å²) in [6, 6.07) is 14.4. The van der Waals surface area contributed by atoms with E-state index in [1.165, 1.54) is 21.1 Å². The van der Waals surface area contributed by atoms with Crippen molar-refractivity contribution < 1.29 is 43.2 Å². The predicted molar refractivity (Wildman–Crippen MR) is 250 cm³/mol. The zero-order valence-electron chi connectivity index (χ0n) is 39.5. The Morgan fingerprint density at radius 3 is 2.40 bits per heavy atom. The van der Waals surface area contributed by atoms with Crippen molar-refractivity contribution in [2.45, 2.75) is 99.5 Å². The summed E-state index contributed by atoms with van der Waals surface area (Å²) in [5.74, 6) is -1.82. The van der Waals surface area contributed by atoms with Crippen molar-refractivity contribution in [3.8, 4) is 5.75 Å². The average Bonchev–Trinajstić information content (AvgIpc) is 4.00. The minimum Gasteiger partial charge on any atom is -0.496 e. The number of likely N-dealkylation sites (N-methyl/N-ethyl adjacent to an activating group) is 1. The van der Waals surface area contributed by atoms with Crippen LogP contribution in [-0.4, -0.2) is 139 Å². The lowest BCUT2D eigenvalue weighted by Crippen LogP contribution is -2.81. The summed E-state index contributed by atoms with van der Waals surface area (Å²) in [6.45, 7) is 8.71. The molecule has 1 amide bonds. The predicted octanol–water partition coefficient (Wildman–Crippen LogP) is 4.82. The Kier molecular flexibility index (Phi) is 10.9. The van der Waals surface area contributed by atoms with E-state index in [4.69, 9.17) is 18.9 Å². The monoisotopic (exact) mass is 914 g/mol. The molecule has 10 atom stereocenters. The Labute approximate surface area is 391 Å². The number of H-pyrrole nitrogens is 1. The summed E-state index contributed by atoms with van der Waals surface area (Å²) in [7, 11) is 6.15. The quantitative estimate of drug-likeness (QED) is 0.119. The van der Waals surface area contributed by atoms with Gasteiger partial charge in [-0.3, -0.25) is 24.3 Å². The minimum atomic E-state index is -2.33. The lowest BCUT2D eigenvalue weighted by Gasteiger charge is -2.63. The second-order valence-corrected chi connectivity index (χ2v) is 19.9. The highest BCUT2D eigenvalue weighted by Crippen LogP contribution is 2.68. The number of carbonyl (C=O) groups is 4. The number of anilines is 1.